The monoisotopic (exact) mass is 288 g/mol. The molecule has 3 rings (SSSR count). The summed E-state index contributed by atoms with van der Waals surface area (Å²) >= 11 is 1.40. The predicted molar refractivity (Wildman–Crippen MR) is 79.0 cm³/mol. The SMILES string of the molecule is O=C(Nc1nccs1)c1cncc(CC2CCNC2)c1. The van der Waals surface area contributed by atoms with E-state index in [1.54, 1.807) is 12.4 Å². The van der Waals surface area contributed by atoms with Gasteiger partial charge in [0.2, 0.25) is 0 Å². The second kappa shape index (κ2) is 6.11. The lowest BCUT2D eigenvalue weighted by atomic mass is 9.99. The molecule has 20 heavy (non-hydrogen) atoms. The van der Waals surface area contributed by atoms with E-state index in [4.69, 9.17) is 0 Å². The van der Waals surface area contributed by atoms with Crippen molar-refractivity contribution in [3.8, 4) is 0 Å². The van der Waals surface area contributed by atoms with Crippen molar-refractivity contribution in [3.05, 3.63) is 41.2 Å². The van der Waals surface area contributed by atoms with Gasteiger partial charge in [-0.25, -0.2) is 4.98 Å². The van der Waals surface area contributed by atoms with Crippen LogP contribution in [0.1, 0.15) is 22.3 Å². The number of thiazole rings is 1. The summed E-state index contributed by atoms with van der Waals surface area (Å²) in [5.74, 6) is 0.493. The molecule has 1 saturated heterocycles. The Morgan fingerprint density at radius 2 is 2.45 bits per heavy atom. The van der Waals surface area contributed by atoms with Gasteiger partial charge in [-0.3, -0.25) is 15.1 Å². The maximum Gasteiger partial charge on any atom is 0.259 e. The highest BCUT2D eigenvalue weighted by molar-refractivity contribution is 7.13. The number of nitrogens with one attached hydrogen (secondary N) is 2. The largest absolute Gasteiger partial charge is 0.316 e. The van der Waals surface area contributed by atoms with E-state index in [0.29, 0.717) is 16.6 Å². The zero-order chi connectivity index (χ0) is 13.8. The van der Waals surface area contributed by atoms with Crippen LogP contribution in [0.15, 0.2) is 30.0 Å². The van der Waals surface area contributed by atoms with Crippen LogP contribution in [0, 0.1) is 5.92 Å². The van der Waals surface area contributed by atoms with Crippen LogP contribution >= 0.6 is 11.3 Å². The Morgan fingerprint density at radius 1 is 1.50 bits per heavy atom. The lowest BCUT2D eigenvalue weighted by Gasteiger charge is -2.09. The van der Waals surface area contributed by atoms with E-state index in [2.05, 4.69) is 20.6 Å². The molecule has 3 heterocycles. The summed E-state index contributed by atoms with van der Waals surface area (Å²) in [5.41, 5.74) is 1.70. The summed E-state index contributed by atoms with van der Waals surface area (Å²) < 4.78 is 0. The fourth-order valence-electron chi connectivity index (χ4n) is 2.40. The summed E-state index contributed by atoms with van der Waals surface area (Å²) in [5, 5.41) is 8.57. The van der Waals surface area contributed by atoms with Crippen molar-refractivity contribution in [3.63, 3.8) is 0 Å². The third kappa shape index (κ3) is 3.20. The zero-order valence-electron chi connectivity index (χ0n) is 11.0. The van der Waals surface area contributed by atoms with Gasteiger partial charge in [0.1, 0.15) is 0 Å². The van der Waals surface area contributed by atoms with Gasteiger partial charge >= 0.3 is 0 Å². The Bertz CT molecular complexity index is 579. The van der Waals surface area contributed by atoms with E-state index in [0.717, 1.165) is 25.1 Å². The molecule has 5 nitrogen and oxygen atoms in total. The van der Waals surface area contributed by atoms with Gasteiger partial charge in [0.05, 0.1) is 5.56 Å². The number of aromatic nitrogens is 2. The first kappa shape index (κ1) is 13.2. The van der Waals surface area contributed by atoms with E-state index in [9.17, 15) is 4.79 Å². The molecule has 0 bridgehead atoms. The Labute approximate surface area is 121 Å². The van der Waals surface area contributed by atoms with Gasteiger partial charge in [0.15, 0.2) is 5.13 Å². The number of carbonyl (C=O) groups is 1. The van der Waals surface area contributed by atoms with Crippen LogP contribution in [0.2, 0.25) is 0 Å². The molecule has 1 fully saturated rings. The first-order chi connectivity index (χ1) is 9.81. The molecule has 104 valence electrons. The summed E-state index contributed by atoms with van der Waals surface area (Å²) in [6.07, 6.45) is 7.27. The Morgan fingerprint density at radius 3 is 3.20 bits per heavy atom. The Balaban J connectivity index is 1.68. The molecule has 0 aliphatic carbocycles. The molecule has 1 unspecified atom stereocenters. The molecule has 6 heteroatoms. The number of hydrogen-bond donors (Lipinski definition) is 2. The molecule has 0 radical (unpaired) electrons. The van der Waals surface area contributed by atoms with Crippen LogP contribution in [0.5, 0.6) is 0 Å². The number of pyridine rings is 1. The van der Waals surface area contributed by atoms with Gasteiger partial charge in [-0.2, -0.15) is 0 Å². The third-order valence-electron chi connectivity index (χ3n) is 3.40. The summed E-state index contributed by atoms with van der Waals surface area (Å²) in [7, 11) is 0. The van der Waals surface area contributed by atoms with Gasteiger partial charge < -0.3 is 5.32 Å². The summed E-state index contributed by atoms with van der Waals surface area (Å²) in [6.45, 7) is 2.14. The molecule has 1 aliphatic rings. The number of amides is 1. The summed E-state index contributed by atoms with van der Waals surface area (Å²) in [4.78, 5) is 20.3. The predicted octanol–water partition coefficient (Wildman–Crippen LogP) is 1.94. The van der Waals surface area contributed by atoms with Crippen molar-refractivity contribution < 1.29 is 4.79 Å². The van der Waals surface area contributed by atoms with Crippen LogP contribution in [0.3, 0.4) is 0 Å². The molecule has 1 atom stereocenters. The highest BCUT2D eigenvalue weighted by atomic mass is 32.1. The first-order valence-electron chi connectivity index (χ1n) is 6.67. The number of hydrogen-bond acceptors (Lipinski definition) is 5. The Hall–Kier alpha value is -1.79. The minimum Gasteiger partial charge on any atom is -0.316 e. The number of nitrogens with zero attached hydrogens (tertiary/aromatic N) is 2. The molecule has 0 spiro atoms. The van der Waals surface area contributed by atoms with Gasteiger partial charge in [-0.1, -0.05) is 0 Å². The number of carbonyl (C=O) groups excluding carboxylic acids is 1. The van der Waals surface area contributed by atoms with Gasteiger partial charge in [-0.15, -0.1) is 11.3 Å². The van der Waals surface area contributed by atoms with Crippen LogP contribution in [0.25, 0.3) is 0 Å². The van der Waals surface area contributed by atoms with Crippen LogP contribution in [0.4, 0.5) is 5.13 Å². The smallest absolute Gasteiger partial charge is 0.259 e. The molecule has 0 saturated carbocycles. The molecule has 2 N–H and O–H groups in total. The quantitative estimate of drug-likeness (QED) is 0.902. The van der Waals surface area contributed by atoms with Gasteiger partial charge in [0, 0.05) is 24.0 Å². The van der Waals surface area contributed by atoms with Crippen molar-refractivity contribution in [2.24, 2.45) is 5.92 Å². The number of rotatable bonds is 4. The third-order valence-corrected chi connectivity index (χ3v) is 4.09. The van der Waals surface area contributed by atoms with E-state index < -0.39 is 0 Å². The minimum atomic E-state index is -0.154. The second-order valence-electron chi connectivity index (χ2n) is 4.94. The van der Waals surface area contributed by atoms with Crippen molar-refractivity contribution in [1.82, 2.24) is 15.3 Å². The summed E-state index contributed by atoms with van der Waals surface area (Å²) in [6, 6.07) is 1.92. The second-order valence-corrected chi connectivity index (χ2v) is 5.83. The molecular formula is C14H16N4OS. The molecular weight excluding hydrogens is 272 g/mol. The molecule has 0 aromatic carbocycles. The first-order valence-corrected chi connectivity index (χ1v) is 7.55. The van der Waals surface area contributed by atoms with Gasteiger partial charge in [-0.05, 0) is 43.5 Å². The van der Waals surface area contributed by atoms with Crippen molar-refractivity contribution in [2.45, 2.75) is 12.8 Å². The lowest BCUT2D eigenvalue weighted by Crippen LogP contribution is -2.14. The normalized spacial score (nSPS) is 18.1. The fourth-order valence-corrected chi connectivity index (χ4v) is 2.92. The van der Waals surface area contributed by atoms with Crippen molar-refractivity contribution in [1.29, 1.82) is 0 Å². The van der Waals surface area contributed by atoms with E-state index >= 15 is 0 Å². The molecule has 1 amide bonds. The van der Waals surface area contributed by atoms with E-state index in [-0.39, 0.29) is 5.91 Å². The molecule has 2 aromatic heterocycles. The van der Waals surface area contributed by atoms with Gasteiger partial charge in [0.25, 0.3) is 5.91 Å². The standard InChI is InChI=1S/C14H16N4OS/c19-13(18-14-17-3-4-20-14)12-6-11(8-16-9-12)5-10-1-2-15-7-10/h3-4,6,8-10,15H,1-2,5,7H2,(H,17,18,19). The van der Waals surface area contributed by atoms with E-state index in [1.807, 2.05) is 17.6 Å². The number of anilines is 1. The molecule has 2 aromatic rings. The topological polar surface area (TPSA) is 66.9 Å². The lowest BCUT2D eigenvalue weighted by molar-refractivity contribution is 0.102. The van der Waals surface area contributed by atoms with Crippen molar-refractivity contribution in [2.75, 3.05) is 18.4 Å². The van der Waals surface area contributed by atoms with Crippen LogP contribution in [-0.2, 0) is 6.42 Å². The average Bonchev–Trinajstić information content (AvgIpc) is 3.12. The van der Waals surface area contributed by atoms with Crippen LogP contribution < -0.4 is 10.6 Å². The molecule has 1 aliphatic heterocycles. The zero-order valence-corrected chi connectivity index (χ0v) is 11.8. The highest BCUT2D eigenvalue weighted by Gasteiger charge is 2.16. The van der Waals surface area contributed by atoms with Crippen LogP contribution in [-0.4, -0.2) is 29.0 Å². The fraction of sp³-hybridized carbons (Fsp3) is 0.357. The average molecular weight is 288 g/mol. The highest BCUT2D eigenvalue weighted by Crippen LogP contribution is 2.16. The maximum absolute atomic E-state index is 12.1. The minimum absolute atomic E-state index is 0.154. The Kier molecular flexibility index (Phi) is 4.03. The van der Waals surface area contributed by atoms with E-state index in [1.165, 1.54) is 17.8 Å². The van der Waals surface area contributed by atoms with Crippen molar-refractivity contribution >= 4 is 22.4 Å². The maximum atomic E-state index is 12.1.